The number of amides is 1. The molecule has 2 heterocycles. The molecule has 1 aromatic heterocycles. The zero-order chi connectivity index (χ0) is 10.3. The molecule has 5 heteroatoms. The van der Waals surface area contributed by atoms with Gasteiger partial charge in [-0.15, -0.1) is 0 Å². The molecular weight excluding hydrogens is 182 g/mol. The summed E-state index contributed by atoms with van der Waals surface area (Å²) in [4.78, 5) is 17.4. The average Bonchev–Trinajstić information content (AvgIpc) is 2.14. The van der Waals surface area contributed by atoms with Gasteiger partial charge in [0.05, 0.1) is 7.05 Å². The number of hydroxylamine groups is 3. The minimum absolute atomic E-state index is 0.114. The molecule has 74 valence electrons. The van der Waals surface area contributed by atoms with Gasteiger partial charge in [-0.25, -0.2) is 9.78 Å². The van der Waals surface area contributed by atoms with Crippen LogP contribution < -0.4 is 4.90 Å². The summed E-state index contributed by atoms with van der Waals surface area (Å²) >= 11 is 0. The molecule has 0 aliphatic carbocycles. The number of pyridine rings is 1. The molecule has 1 aliphatic heterocycles. The third-order valence-corrected chi connectivity index (χ3v) is 2.29. The number of quaternary nitrogens is 1. The lowest BCUT2D eigenvalue weighted by Gasteiger charge is -2.42. The Morgan fingerprint density at radius 2 is 2.36 bits per heavy atom. The first-order valence-corrected chi connectivity index (χ1v) is 4.30. The minimum Gasteiger partial charge on any atom is -0.624 e. The van der Waals surface area contributed by atoms with E-state index in [4.69, 9.17) is 0 Å². The van der Waals surface area contributed by atoms with Crippen LogP contribution in [0.25, 0.3) is 0 Å². The van der Waals surface area contributed by atoms with Crippen LogP contribution in [0.3, 0.4) is 0 Å². The van der Waals surface area contributed by atoms with Crippen molar-refractivity contribution in [1.29, 1.82) is 0 Å². The van der Waals surface area contributed by atoms with Crippen LogP contribution in [0.1, 0.15) is 10.4 Å². The number of carbonyl (C=O) groups is 1. The summed E-state index contributed by atoms with van der Waals surface area (Å²) < 4.78 is -0.894. The molecule has 0 aromatic carbocycles. The van der Waals surface area contributed by atoms with Gasteiger partial charge in [-0.3, -0.25) is 4.65 Å². The van der Waals surface area contributed by atoms with Crippen molar-refractivity contribution in [3.8, 4) is 0 Å². The van der Waals surface area contributed by atoms with E-state index < -0.39 is 10.6 Å². The maximum Gasteiger partial charge on any atom is 0.350 e. The van der Waals surface area contributed by atoms with Crippen LogP contribution >= 0.6 is 0 Å². The van der Waals surface area contributed by atoms with Gasteiger partial charge in [0.1, 0.15) is 11.4 Å². The Morgan fingerprint density at radius 3 is 3.07 bits per heavy atom. The molecule has 0 spiro atoms. The van der Waals surface area contributed by atoms with Crippen molar-refractivity contribution in [2.24, 2.45) is 0 Å². The fourth-order valence-corrected chi connectivity index (χ4v) is 1.66. The van der Waals surface area contributed by atoms with Crippen LogP contribution in [0, 0.1) is 5.21 Å². The summed E-state index contributed by atoms with van der Waals surface area (Å²) in [6.45, 7) is 0.114. The van der Waals surface area contributed by atoms with Gasteiger partial charge in [0.2, 0.25) is 0 Å². The predicted octanol–water partition coefficient (Wildman–Crippen LogP) is 0.573. The highest BCUT2D eigenvalue weighted by atomic mass is 16.6. The van der Waals surface area contributed by atoms with E-state index in [2.05, 4.69) is 4.98 Å². The molecule has 0 bridgehead atoms. The van der Waals surface area contributed by atoms with E-state index in [9.17, 15) is 10.0 Å². The zero-order valence-corrected chi connectivity index (χ0v) is 8.10. The van der Waals surface area contributed by atoms with Gasteiger partial charge in [-0.1, -0.05) is 0 Å². The van der Waals surface area contributed by atoms with Crippen LogP contribution in [0.4, 0.5) is 5.82 Å². The van der Waals surface area contributed by atoms with E-state index in [0.717, 1.165) is 0 Å². The Bertz CT molecular complexity index is 389. The number of anilines is 1. The van der Waals surface area contributed by atoms with Gasteiger partial charge in [0.15, 0.2) is 6.67 Å². The first kappa shape index (κ1) is 9.11. The Morgan fingerprint density at radius 1 is 1.64 bits per heavy atom. The number of rotatable bonds is 0. The summed E-state index contributed by atoms with van der Waals surface area (Å²) in [6, 6.07) is 3.30. The SMILES string of the molecule is CN1C[N+](C)([O-])C(=O)c2cccnc21. The van der Waals surface area contributed by atoms with E-state index in [0.29, 0.717) is 11.4 Å². The molecule has 0 fully saturated rings. The third-order valence-electron chi connectivity index (χ3n) is 2.29. The van der Waals surface area contributed by atoms with E-state index in [1.807, 2.05) is 0 Å². The molecule has 1 atom stereocenters. The molecule has 14 heavy (non-hydrogen) atoms. The summed E-state index contributed by atoms with van der Waals surface area (Å²) in [5, 5.41) is 11.7. The largest absolute Gasteiger partial charge is 0.624 e. The fourth-order valence-electron chi connectivity index (χ4n) is 1.66. The number of aromatic nitrogens is 1. The monoisotopic (exact) mass is 193 g/mol. The number of fused-ring (bicyclic) bond motifs is 1. The standard InChI is InChI=1S/C9H11N3O2/c1-11-6-12(2,14)9(13)7-4-3-5-10-8(7)11/h3-5H,6H2,1-2H3. The fraction of sp³-hybridized carbons (Fsp3) is 0.333. The first-order valence-electron chi connectivity index (χ1n) is 4.30. The molecule has 0 N–H and O–H groups in total. The second-order valence-corrected chi connectivity index (χ2v) is 3.62. The van der Waals surface area contributed by atoms with E-state index >= 15 is 0 Å². The maximum absolute atomic E-state index is 11.7. The van der Waals surface area contributed by atoms with Crippen LogP contribution in [-0.2, 0) is 0 Å². The number of carbonyl (C=O) groups excluding carboxylic acids is 1. The summed E-state index contributed by atoms with van der Waals surface area (Å²) in [6.07, 6.45) is 1.61. The molecule has 0 radical (unpaired) electrons. The molecule has 0 saturated carbocycles. The predicted molar refractivity (Wildman–Crippen MR) is 51.4 cm³/mol. The smallest absolute Gasteiger partial charge is 0.350 e. The molecular formula is C9H11N3O2. The summed E-state index contributed by atoms with van der Waals surface area (Å²) in [7, 11) is 3.11. The van der Waals surface area contributed by atoms with Crippen molar-refractivity contribution in [3.63, 3.8) is 0 Å². The lowest BCUT2D eigenvalue weighted by molar-refractivity contribution is -0.776. The van der Waals surface area contributed by atoms with Gasteiger partial charge in [0, 0.05) is 13.2 Å². The Labute approximate surface area is 81.7 Å². The third kappa shape index (κ3) is 1.18. The minimum atomic E-state index is -0.894. The highest BCUT2D eigenvalue weighted by Gasteiger charge is 2.34. The van der Waals surface area contributed by atoms with Crippen molar-refractivity contribution >= 4 is 11.7 Å². The van der Waals surface area contributed by atoms with Crippen molar-refractivity contribution in [3.05, 3.63) is 29.1 Å². The van der Waals surface area contributed by atoms with Gasteiger partial charge < -0.3 is 10.1 Å². The van der Waals surface area contributed by atoms with E-state index in [-0.39, 0.29) is 6.67 Å². The van der Waals surface area contributed by atoms with Gasteiger partial charge >= 0.3 is 5.91 Å². The Balaban J connectivity index is 2.57. The van der Waals surface area contributed by atoms with Crippen molar-refractivity contribution < 1.29 is 9.44 Å². The van der Waals surface area contributed by atoms with E-state index in [1.165, 1.54) is 7.05 Å². The second-order valence-electron chi connectivity index (χ2n) is 3.62. The zero-order valence-electron chi connectivity index (χ0n) is 8.10. The van der Waals surface area contributed by atoms with Crippen LogP contribution in [0.5, 0.6) is 0 Å². The number of hydrogen-bond donors (Lipinski definition) is 0. The van der Waals surface area contributed by atoms with Crippen molar-refractivity contribution in [2.75, 3.05) is 25.7 Å². The van der Waals surface area contributed by atoms with Crippen LogP contribution in [0.2, 0.25) is 0 Å². The Hall–Kier alpha value is -1.46. The second kappa shape index (κ2) is 2.76. The van der Waals surface area contributed by atoms with Gasteiger partial charge in [-0.05, 0) is 12.1 Å². The van der Waals surface area contributed by atoms with Crippen molar-refractivity contribution in [1.82, 2.24) is 4.98 Å². The molecule has 1 unspecified atom stereocenters. The summed E-state index contributed by atoms with van der Waals surface area (Å²) in [5.41, 5.74) is 0.402. The normalized spacial score (nSPS) is 26.2. The summed E-state index contributed by atoms with van der Waals surface area (Å²) in [5.74, 6) is 0.162. The highest BCUT2D eigenvalue weighted by Crippen LogP contribution is 2.26. The first-order chi connectivity index (χ1) is 6.52. The molecule has 2 rings (SSSR count). The van der Waals surface area contributed by atoms with E-state index in [1.54, 1.807) is 30.3 Å². The maximum atomic E-state index is 11.7. The lowest BCUT2D eigenvalue weighted by Crippen LogP contribution is -2.54. The number of hydrogen-bond acceptors (Lipinski definition) is 4. The highest BCUT2D eigenvalue weighted by molar-refractivity contribution is 5.95. The topological polar surface area (TPSA) is 56.3 Å². The molecule has 5 nitrogen and oxygen atoms in total. The van der Waals surface area contributed by atoms with Gasteiger partial charge in [-0.2, -0.15) is 0 Å². The molecule has 1 aliphatic rings. The van der Waals surface area contributed by atoms with Crippen molar-refractivity contribution in [2.45, 2.75) is 0 Å². The van der Waals surface area contributed by atoms with Gasteiger partial charge in [0.25, 0.3) is 0 Å². The molecule has 0 saturated heterocycles. The Kier molecular flexibility index (Phi) is 1.80. The number of nitrogens with zero attached hydrogens (tertiary/aromatic N) is 3. The van der Waals surface area contributed by atoms with Crippen LogP contribution in [0.15, 0.2) is 18.3 Å². The molecule has 1 aromatic rings. The quantitative estimate of drug-likeness (QED) is 0.446. The average molecular weight is 193 g/mol. The van der Waals surface area contributed by atoms with Crippen LogP contribution in [-0.4, -0.2) is 36.3 Å². The lowest BCUT2D eigenvalue weighted by atomic mass is 10.2. The molecule has 1 amide bonds.